The molecule has 2 aliphatic rings. The first-order valence-corrected chi connectivity index (χ1v) is 11.7. The molecule has 2 heterocycles. The molecule has 1 N–H and O–H groups in total. The highest BCUT2D eigenvalue weighted by Gasteiger charge is 2.27. The van der Waals surface area contributed by atoms with Crippen molar-refractivity contribution in [1.29, 1.82) is 0 Å². The number of carbonyl (C=O) groups excluding carboxylic acids is 2. The number of benzene rings is 1. The molecule has 1 aromatic heterocycles. The van der Waals surface area contributed by atoms with Gasteiger partial charge in [0.2, 0.25) is 0 Å². The number of amides is 2. The summed E-state index contributed by atoms with van der Waals surface area (Å²) in [5.41, 5.74) is 1.41. The molecule has 1 aliphatic heterocycles. The zero-order chi connectivity index (χ0) is 22.7. The lowest BCUT2D eigenvalue weighted by Crippen LogP contribution is -2.41. The minimum Gasteiger partial charge on any atom is -0.444 e. The molecule has 174 valence electrons. The summed E-state index contributed by atoms with van der Waals surface area (Å²) in [5.74, 6) is 0.613. The maximum absolute atomic E-state index is 13.2. The molecule has 0 unspecified atom stereocenters. The van der Waals surface area contributed by atoms with Crippen LogP contribution in [0.3, 0.4) is 0 Å². The van der Waals surface area contributed by atoms with Gasteiger partial charge in [0.1, 0.15) is 5.60 Å². The van der Waals surface area contributed by atoms with E-state index in [2.05, 4.69) is 16.0 Å². The zero-order valence-corrected chi connectivity index (χ0v) is 19.4. The molecule has 1 saturated heterocycles. The number of hydrogen-bond donors (Lipinski definition) is 1. The number of ether oxygens (including phenoxy) is 2. The molecule has 7 nitrogen and oxygen atoms in total. The Kier molecular flexibility index (Phi) is 6.74. The molecule has 1 aliphatic carbocycles. The summed E-state index contributed by atoms with van der Waals surface area (Å²) in [6.07, 6.45) is 5.68. The minimum absolute atomic E-state index is 0.0912. The Morgan fingerprint density at radius 1 is 1.09 bits per heavy atom. The van der Waals surface area contributed by atoms with E-state index in [4.69, 9.17) is 9.47 Å². The van der Waals surface area contributed by atoms with Crippen molar-refractivity contribution in [3.63, 3.8) is 0 Å². The molecule has 1 saturated carbocycles. The van der Waals surface area contributed by atoms with Crippen LogP contribution in [0.4, 0.5) is 4.79 Å². The average molecular weight is 442 g/mol. The second-order valence-electron chi connectivity index (χ2n) is 9.98. The predicted octanol–water partition coefficient (Wildman–Crippen LogP) is 4.20. The Hall–Kier alpha value is -2.54. The van der Waals surface area contributed by atoms with Crippen LogP contribution in [0, 0.1) is 5.92 Å². The van der Waals surface area contributed by atoms with Crippen LogP contribution in [-0.2, 0) is 16.0 Å². The van der Waals surface area contributed by atoms with Gasteiger partial charge in [-0.25, -0.2) is 4.79 Å². The van der Waals surface area contributed by atoms with Gasteiger partial charge in [0.25, 0.3) is 5.91 Å². The van der Waals surface area contributed by atoms with Gasteiger partial charge >= 0.3 is 6.09 Å². The van der Waals surface area contributed by atoms with E-state index in [-0.39, 0.29) is 18.0 Å². The van der Waals surface area contributed by atoms with Gasteiger partial charge in [-0.15, -0.1) is 0 Å². The number of nitrogens with zero attached hydrogens (tertiary/aromatic N) is 2. The van der Waals surface area contributed by atoms with Crippen LogP contribution in [-0.4, -0.2) is 59.4 Å². The molecule has 0 radical (unpaired) electrons. The summed E-state index contributed by atoms with van der Waals surface area (Å²) < 4.78 is 13.0. The molecule has 2 fully saturated rings. The average Bonchev–Trinajstić information content (AvgIpc) is 3.12. The third-order valence-corrected chi connectivity index (χ3v) is 6.34. The van der Waals surface area contributed by atoms with E-state index in [0.717, 1.165) is 48.7 Å². The lowest BCUT2D eigenvalue weighted by molar-refractivity contribution is 0.0304. The number of aromatic nitrogens is 1. The Morgan fingerprint density at radius 3 is 2.47 bits per heavy atom. The van der Waals surface area contributed by atoms with Crippen LogP contribution in [0.5, 0.6) is 0 Å². The molecule has 0 spiro atoms. The number of alkyl carbamates (subject to hydrolysis) is 1. The van der Waals surface area contributed by atoms with Crippen molar-refractivity contribution < 1.29 is 19.1 Å². The highest BCUT2D eigenvalue weighted by Crippen LogP contribution is 2.29. The van der Waals surface area contributed by atoms with Gasteiger partial charge in [-0.1, -0.05) is 18.2 Å². The van der Waals surface area contributed by atoms with Crippen LogP contribution in [0.2, 0.25) is 0 Å². The number of carbonyl (C=O) groups is 2. The monoisotopic (exact) mass is 441 g/mol. The second-order valence-corrected chi connectivity index (χ2v) is 9.98. The summed E-state index contributed by atoms with van der Waals surface area (Å²) >= 11 is 0. The minimum atomic E-state index is -0.479. The van der Waals surface area contributed by atoms with Gasteiger partial charge in [0.05, 0.1) is 18.8 Å². The molecular weight excluding hydrogens is 406 g/mol. The number of fused-ring (bicyclic) bond motifs is 1. The number of para-hydroxylation sites is 1. The first kappa shape index (κ1) is 22.6. The van der Waals surface area contributed by atoms with Crippen molar-refractivity contribution in [3.05, 3.63) is 36.0 Å². The third-order valence-electron chi connectivity index (χ3n) is 6.34. The van der Waals surface area contributed by atoms with E-state index in [1.807, 2.05) is 50.1 Å². The smallest absolute Gasteiger partial charge is 0.407 e. The number of rotatable bonds is 4. The number of morpholine rings is 1. The molecule has 7 heteroatoms. The third kappa shape index (κ3) is 5.44. The Bertz CT molecular complexity index is 948. The predicted molar refractivity (Wildman–Crippen MR) is 124 cm³/mol. The largest absolute Gasteiger partial charge is 0.444 e. The first-order chi connectivity index (χ1) is 15.3. The van der Waals surface area contributed by atoms with E-state index in [1.165, 1.54) is 0 Å². The fourth-order valence-electron chi connectivity index (χ4n) is 4.75. The summed E-state index contributed by atoms with van der Waals surface area (Å²) in [7, 11) is 0. The Morgan fingerprint density at radius 2 is 1.78 bits per heavy atom. The van der Waals surface area contributed by atoms with Crippen LogP contribution < -0.4 is 5.32 Å². The van der Waals surface area contributed by atoms with Crippen molar-refractivity contribution in [1.82, 2.24) is 14.8 Å². The topological polar surface area (TPSA) is 72.8 Å². The first-order valence-electron chi connectivity index (χ1n) is 11.7. The number of hydrogen-bond acceptors (Lipinski definition) is 4. The van der Waals surface area contributed by atoms with E-state index in [0.29, 0.717) is 32.2 Å². The lowest BCUT2D eigenvalue weighted by Gasteiger charge is -2.30. The quantitative estimate of drug-likeness (QED) is 0.772. The second kappa shape index (κ2) is 9.53. The van der Waals surface area contributed by atoms with Crippen LogP contribution in [0.1, 0.15) is 56.8 Å². The van der Waals surface area contributed by atoms with Gasteiger partial charge in [-0.2, -0.15) is 0 Å². The normalized spacial score (nSPS) is 22.0. The summed E-state index contributed by atoms with van der Waals surface area (Å²) in [6, 6.07) is 8.34. The van der Waals surface area contributed by atoms with E-state index < -0.39 is 5.60 Å². The Balaban J connectivity index is 1.40. The fraction of sp³-hybridized carbons (Fsp3) is 0.600. The fourth-order valence-corrected chi connectivity index (χ4v) is 4.75. The molecule has 1 aromatic carbocycles. The van der Waals surface area contributed by atoms with Crippen LogP contribution in [0.25, 0.3) is 10.9 Å². The zero-order valence-electron chi connectivity index (χ0n) is 19.4. The highest BCUT2D eigenvalue weighted by molar-refractivity contribution is 6.07. The highest BCUT2D eigenvalue weighted by atomic mass is 16.6. The van der Waals surface area contributed by atoms with E-state index in [9.17, 15) is 9.59 Å². The van der Waals surface area contributed by atoms with Crippen molar-refractivity contribution in [2.45, 2.75) is 64.6 Å². The maximum atomic E-state index is 13.2. The lowest BCUT2D eigenvalue weighted by atomic mass is 9.86. The summed E-state index contributed by atoms with van der Waals surface area (Å²) in [6.45, 7) is 9.01. The summed E-state index contributed by atoms with van der Waals surface area (Å²) in [4.78, 5) is 27.1. The van der Waals surface area contributed by atoms with Crippen molar-refractivity contribution in [2.24, 2.45) is 5.92 Å². The summed E-state index contributed by atoms with van der Waals surface area (Å²) in [5, 5.41) is 4.03. The van der Waals surface area contributed by atoms with Crippen LogP contribution in [0.15, 0.2) is 30.5 Å². The molecule has 32 heavy (non-hydrogen) atoms. The molecular formula is C25H35N3O4. The molecule has 0 atom stereocenters. The van der Waals surface area contributed by atoms with Gasteiger partial charge in [0, 0.05) is 42.8 Å². The van der Waals surface area contributed by atoms with Crippen LogP contribution >= 0.6 is 0 Å². The van der Waals surface area contributed by atoms with Gasteiger partial charge in [-0.05, 0) is 58.4 Å². The van der Waals surface area contributed by atoms with E-state index >= 15 is 0 Å². The molecule has 2 aromatic rings. The SMILES string of the molecule is CC(C)(C)OC(=O)NC1CCC(Cn2cc(C(=O)N3CCOCC3)c3ccccc32)CC1. The van der Waals surface area contributed by atoms with Crippen molar-refractivity contribution in [2.75, 3.05) is 26.3 Å². The maximum Gasteiger partial charge on any atom is 0.407 e. The molecule has 2 amide bonds. The van der Waals surface area contributed by atoms with Gasteiger partial charge < -0.3 is 24.3 Å². The van der Waals surface area contributed by atoms with E-state index in [1.54, 1.807) is 0 Å². The van der Waals surface area contributed by atoms with Crippen molar-refractivity contribution >= 4 is 22.9 Å². The molecule has 0 bridgehead atoms. The van der Waals surface area contributed by atoms with Gasteiger partial charge in [0.15, 0.2) is 0 Å². The Labute approximate surface area is 190 Å². The molecule has 4 rings (SSSR count). The number of nitrogens with one attached hydrogen (secondary N) is 1. The standard InChI is InChI=1S/C25H35N3O4/c1-25(2,3)32-24(30)26-19-10-8-18(9-11-19)16-28-17-21(20-6-4-5-7-22(20)28)23(29)27-12-14-31-15-13-27/h4-7,17-19H,8-16H2,1-3H3,(H,26,30). The van der Waals surface area contributed by atoms with Gasteiger partial charge in [-0.3, -0.25) is 4.79 Å². The van der Waals surface area contributed by atoms with Crippen molar-refractivity contribution in [3.8, 4) is 0 Å².